The van der Waals surface area contributed by atoms with Crippen LogP contribution in [0.15, 0.2) is 24.3 Å². The van der Waals surface area contributed by atoms with E-state index in [2.05, 4.69) is 5.32 Å². The smallest absolute Gasteiger partial charge is 0.0945 e. The number of hydrogen-bond acceptors (Lipinski definition) is 4. The summed E-state index contributed by atoms with van der Waals surface area (Å²) in [5.74, 6) is 0. The number of hydrogen-bond donors (Lipinski definition) is 2. The fourth-order valence-electron chi connectivity index (χ4n) is 1.49. The summed E-state index contributed by atoms with van der Waals surface area (Å²) in [5, 5.41) is 12.7. The number of nitrogens with one attached hydrogen (secondary N) is 1. The average Bonchev–Trinajstić information content (AvgIpc) is 2.27. The van der Waals surface area contributed by atoms with Gasteiger partial charge in [0.15, 0.2) is 0 Å². The molecule has 0 amide bonds. The summed E-state index contributed by atoms with van der Waals surface area (Å²) in [6, 6.07) is 7.99. The van der Waals surface area contributed by atoms with Gasteiger partial charge in [0.1, 0.15) is 0 Å². The highest BCUT2D eigenvalue weighted by Crippen LogP contribution is 2.23. The minimum atomic E-state index is -0.486. The van der Waals surface area contributed by atoms with Crippen LogP contribution in [0.3, 0.4) is 0 Å². The van der Waals surface area contributed by atoms with Crippen LogP contribution in [0.5, 0.6) is 0 Å². The van der Waals surface area contributed by atoms with E-state index in [1.165, 1.54) is 0 Å². The molecule has 1 aromatic rings. The Balaban J connectivity index is 2.59. The van der Waals surface area contributed by atoms with Crippen LogP contribution in [-0.2, 0) is 4.74 Å². The Labute approximate surface area is 96.8 Å². The number of aliphatic hydroxyl groups excluding tert-OH is 1. The van der Waals surface area contributed by atoms with E-state index >= 15 is 0 Å². The van der Waals surface area contributed by atoms with E-state index < -0.39 is 6.10 Å². The number of anilines is 2. The van der Waals surface area contributed by atoms with E-state index in [1.54, 1.807) is 7.11 Å². The van der Waals surface area contributed by atoms with Gasteiger partial charge >= 0.3 is 0 Å². The molecular formula is C12H20N2O2. The maximum Gasteiger partial charge on any atom is 0.0945 e. The molecule has 1 rings (SSSR count). The van der Waals surface area contributed by atoms with Gasteiger partial charge in [-0.25, -0.2) is 0 Å². The van der Waals surface area contributed by atoms with Gasteiger partial charge in [0.05, 0.1) is 24.1 Å². The molecule has 2 N–H and O–H groups in total. The number of ether oxygens (including phenoxy) is 1. The molecule has 0 aliphatic rings. The summed E-state index contributed by atoms with van der Waals surface area (Å²) in [7, 11) is 5.56. The van der Waals surface area contributed by atoms with Gasteiger partial charge in [0, 0.05) is 27.7 Å². The number of aliphatic hydroxyl groups is 1. The summed E-state index contributed by atoms with van der Waals surface area (Å²) in [5.41, 5.74) is 2.12. The van der Waals surface area contributed by atoms with Crippen LogP contribution in [0.2, 0.25) is 0 Å². The van der Waals surface area contributed by atoms with Crippen LogP contribution in [0.4, 0.5) is 11.4 Å². The first-order valence-corrected chi connectivity index (χ1v) is 5.32. The Morgan fingerprint density at radius 2 is 2.06 bits per heavy atom. The Kier molecular flexibility index (Phi) is 5.08. The molecule has 1 aromatic carbocycles. The molecule has 0 saturated carbocycles. The van der Waals surface area contributed by atoms with Gasteiger partial charge in [-0.2, -0.15) is 0 Å². The first-order chi connectivity index (χ1) is 7.65. The van der Waals surface area contributed by atoms with Crippen molar-refractivity contribution in [3.8, 4) is 0 Å². The minimum Gasteiger partial charge on any atom is -0.389 e. The Hall–Kier alpha value is -1.26. The monoisotopic (exact) mass is 224 g/mol. The molecule has 0 heterocycles. The van der Waals surface area contributed by atoms with E-state index in [0.717, 1.165) is 11.4 Å². The molecule has 90 valence electrons. The largest absolute Gasteiger partial charge is 0.389 e. The van der Waals surface area contributed by atoms with Gasteiger partial charge in [-0.15, -0.1) is 0 Å². The fraction of sp³-hybridized carbons (Fsp3) is 0.500. The second-order valence-electron chi connectivity index (χ2n) is 3.90. The van der Waals surface area contributed by atoms with Crippen LogP contribution < -0.4 is 10.2 Å². The summed E-state index contributed by atoms with van der Waals surface area (Å²) in [6.07, 6.45) is -0.486. The molecule has 0 aliphatic heterocycles. The number of para-hydroxylation sites is 2. The zero-order valence-electron chi connectivity index (χ0n) is 10.1. The Morgan fingerprint density at radius 3 is 2.69 bits per heavy atom. The minimum absolute atomic E-state index is 0.344. The van der Waals surface area contributed by atoms with E-state index in [0.29, 0.717) is 13.2 Å². The number of benzene rings is 1. The van der Waals surface area contributed by atoms with Gasteiger partial charge in [0.25, 0.3) is 0 Å². The van der Waals surface area contributed by atoms with E-state index in [4.69, 9.17) is 4.74 Å². The van der Waals surface area contributed by atoms with Crippen molar-refractivity contribution in [3.63, 3.8) is 0 Å². The highest BCUT2D eigenvalue weighted by Gasteiger charge is 2.06. The lowest BCUT2D eigenvalue weighted by atomic mass is 10.2. The van der Waals surface area contributed by atoms with Crippen molar-refractivity contribution in [3.05, 3.63) is 24.3 Å². The highest BCUT2D eigenvalue weighted by molar-refractivity contribution is 5.69. The molecule has 0 radical (unpaired) electrons. The molecule has 0 bridgehead atoms. The maximum absolute atomic E-state index is 9.54. The molecule has 0 aromatic heterocycles. The lowest BCUT2D eigenvalue weighted by molar-refractivity contribution is 0.0727. The third-order valence-electron chi connectivity index (χ3n) is 2.27. The molecule has 1 atom stereocenters. The average molecular weight is 224 g/mol. The molecular weight excluding hydrogens is 204 g/mol. The number of methoxy groups -OCH3 is 1. The number of rotatable bonds is 6. The maximum atomic E-state index is 9.54. The van der Waals surface area contributed by atoms with Gasteiger partial charge in [0.2, 0.25) is 0 Å². The van der Waals surface area contributed by atoms with Crippen molar-refractivity contribution in [1.82, 2.24) is 0 Å². The number of nitrogens with zero attached hydrogens (tertiary/aromatic N) is 1. The zero-order valence-corrected chi connectivity index (χ0v) is 10.1. The summed E-state index contributed by atoms with van der Waals surface area (Å²) >= 11 is 0. The van der Waals surface area contributed by atoms with Crippen molar-refractivity contribution >= 4 is 11.4 Å². The van der Waals surface area contributed by atoms with Gasteiger partial charge in [-0.1, -0.05) is 12.1 Å². The van der Waals surface area contributed by atoms with Gasteiger partial charge in [-0.3, -0.25) is 0 Å². The predicted molar refractivity (Wildman–Crippen MR) is 67.1 cm³/mol. The zero-order chi connectivity index (χ0) is 12.0. The van der Waals surface area contributed by atoms with Crippen LogP contribution in [0, 0.1) is 0 Å². The first-order valence-electron chi connectivity index (χ1n) is 5.32. The Morgan fingerprint density at radius 1 is 1.38 bits per heavy atom. The van der Waals surface area contributed by atoms with E-state index in [9.17, 15) is 5.11 Å². The molecule has 0 spiro atoms. The molecule has 1 unspecified atom stereocenters. The van der Waals surface area contributed by atoms with Crippen molar-refractivity contribution in [1.29, 1.82) is 0 Å². The summed E-state index contributed by atoms with van der Waals surface area (Å²) in [4.78, 5) is 2.03. The topological polar surface area (TPSA) is 44.7 Å². The van der Waals surface area contributed by atoms with Gasteiger partial charge < -0.3 is 20.1 Å². The Bertz CT molecular complexity index is 316. The fourth-order valence-corrected chi connectivity index (χ4v) is 1.49. The lowest BCUT2D eigenvalue weighted by Crippen LogP contribution is -2.25. The van der Waals surface area contributed by atoms with Crippen LogP contribution in [0.1, 0.15) is 0 Å². The van der Waals surface area contributed by atoms with E-state index in [-0.39, 0.29) is 0 Å². The van der Waals surface area contributed by atoms with Crippen molar-refractivity contribution < 1.29 is 9.84 Å². The normalized spacial score (nSPS) is 12.2. The van der Waals surface area contributed by atoms with Crippen molar-refractivity contribution in [2.75, 3.05) is 44.6 Å². The molecule has 0 saturated heterocycles. The molecule has 4 heteroatoms. The van der Waals surface area contributed by atoms with Crippen LogP contribution in [0.25, 0.3) is 0 Å². The second kappa shape index (κ2) is 6.35. The standard InChI is InChI=1S/C12H20N2O2/c1-14(2)12-7-5-4-6-11(12)13-8-10(15)9-16-3/h4-7,10,13,15H,8-9H2,1-3H3. The van der Waals surface area contributed by atoms with Gasteiger partial charge in [-0.05, 0) is 12.1 Å². The van der Waals surface area contributed by atoms with E-state index in [1.807, 2.05) is 43.3 Å². The molecule has 0 aliphatic carbocycles. The van der Waals surface area contributed by atoms with Crippen molar-refractivity contribution in [2.45, 2.75) is 6.10 Å². The molecule has 4 nitrogen and oxygen atoms in total. The van der Waals surface area contributed by atoms with Crippen molar-refractivity contribution in [2.24, 2.45) is 0 Å². The lowest BCUT2D eigenvalue weighted by Gasteiger charge is -2.19. The molecule has 0 fully saturated rings. The SMILES string of the molecule is COCC(O)CNc1ccccc1N(C)C. The summed E-state index contributed by atoms with van der Waals surface area (Å²) < 4.78 is 4.87. The third-order valence-corrected chi connectivity index (χ3v) is 2.27. The van der Waals surface area contributed by atoms with Crippen LogP contribution >= 0.6 is 0 Å². The van der Waals surface area contributed by atoms with Crippen LogP contribution in [-0.4, -0.2) is 45.6 Å². The summed E-state index contributed by atoms with van der Waals surface area (Å²) in [6.45, 7) is 0.829. The second-order valence-corrected chi connectivity index (χ2v) is 3.90. The third kappa shape index (κ3) is 3.72. The highest BCUT2D eigenvalue weighted by atomic mass is 16.5. The predicted octanol–water partition coefficient (Wildman–Crippen LogP) is 1.17. The molecule has 16 heavy (non-hydrogen) atoms. The first kappa shape index (κ1) is 12.8. The quantitative estimate of drug-likeness (QED) is 0.761.